The summed E-state index contributed by atoms with van der Waals surface area (Å²) in [5.41, 5.74) is 5.52. The van der Waals surface area contributed by atoms with Crippen LogP contribution in [0.4, 0.5) is 0 Å². The first-order valence-corrected chi connectivity index (χ1v) is 10.8. The van der Waals surface area contributed by atoms with Crippen LogP contribution in [0.1, 0.15) is 56.9 Å². The van der Waals surface area contributed by atoms with Gasteiger partial charge in [0.2, 0.25) is 11.8 Å². The molecule has 1 aromatic carbocycles. The van der Waals surface area contributed by atoms with Crippen molar-refractivity contribution in [3.05, 3.63) is 35.9 Å². The van der Waals surface area contributed by atoms with E-state index < -0.39 is 11.0 Å². The largest absolute Gasteiger partial charge is 0.369 e. The van der Waals surface area contributed by atoms with Gasteiger partial charge in [0.15, 0.2) is 0 Å². The summed E-state index contributed by atoms with van der Waals surface area (Å²) in [6, 6.07) is 12.4. The predicted octanol–water partition coefficient (Wildman–Crippen LogP) is 2.53. The summed E-state index contributed by atoms with van der Waals surface area (Å²) in [4.78, 5) is 27.3. The van der Waals surface area contributed by atoms with Crippen molar-refractivity contribution in [2.24, 2.45) is 11.1 Å². The zero-order chi connectivity index (χ0) is 20.7. The van der Waals surface area contributed by atoms with E-state index in [9.17, 15) is 14.9 Å². The lowest BCUT2D eigenvalue weighted by Gasteiger charge is -2.38. The number of primary amides is 1. The average Bonchev–Trinajstić information content (AvgIpc) is 3.24. The topological polar surface area (TPSA) is 99.2 Å². The van der Waals surface area contributed by atoms with Gasteiger partial charge in [-0.05, 0) is 44.2 Å². The van der Waals surface area contributed by atoms with E-state index in [1.54, 1.807) is 4.90 Å². The fraction of sp³-hybridized carbons (Fsp3) is 0.609. The summed E-state index contributed by atoms with van der Waals surface area (Å²) >= 11 is 0. The van der Waals surface area contributed by atoms with Gasteiger partial charge in [0.1, 0.15) is 5.54 Å². The van der Waals surface area contributed by atoms with Gasteiger partial charge in [0.05, 0.1) is 6.07 Å². The molecular formula is C23H32N4O2. The highest BCUT2D eigenvalue weighted by molar-refractivity contribution is 5.83. The molecule has 1 aliphatic heterocycles. The van der Waals surface area contributed by atoms with Gasteiger partial charge in [-0.3, -0.25) is 9.59 Å². The molecule has 0 bridgehead atoms. The monoisotopic (exact) mass is 396 g/mol. The number of rotatable bonds is 8. The molecule has 0 aromatic heterocycles. The number of carbonyl (C=O) groups excluding carboxylic acids is 2. The Morgan fingerprint density at radius 3 is 2.45 bits per heavy atom. The van der Waals surface area contributed by atoms with E-state index in [1.165, 1.54) is 0 Å². The van der Waals surface area contributed by atoms with Gasteiger partial charge >= 0.3 is 0 Å². The quantitative estimate of drug-likeness (QED) is 0.705. The van der Waals surface area contributed by atoms with Gasteiger partial charge in [-0.25, -0.2) is 0 Å². The molecule has 3 rings (SSSR count). The van der Waals surface area contributed by atoms with Gasteiger partial charge in [-0.1, -0.05) is 49.6 Å². The average molecular weight is 397 g/mol. The Bertz CT molecular complexity index is 744. The molecule has 1 heterocycles. The van der Waals surface area contributed by atoms with E-state index in [-0.39, 0.29) is 18.2 Å². The molecule has 2 amide bonds. The molecular weight excluding hydrogens is 364 g/mol. The Kier molecular flexibility index (Phi) is 6.92. The second-order valence-corrected chi connectivity index (χ2v) is 8.56. The number of hydrogen-bond donors (Lipinski definition) is 2. The van der Waals surface area contributed by atoms with Gasteiger partial charge in [-0.2, -0.15) is 5.26 Å². The van der Waals surface area contributed by atoms with Gasteiger partial charge in [-0.15, -0.1) is 0 Å². The normalized spacial score (nSPS) is 23.3. The fourth-order valence-corrected chi connectivity index (χ4v) is 4.86. The van der Waals surface area contributed by atoms with Crippen LogP contribution in [0, 0.1) is 16.7 Å². The minimum Gasteiger partial charge on any atom is -0.369 e. The summed E-state index contributed by atoms with van der Waals surface area (Å²) in [7, 11) is 0. The van der Waals surface area contributed by atoms with Crippen LogP contribution < -0.4 is 11.1 Å². The lowest BCUT2D eigenvalue weighted by atomic mass is 9.70. The maximum absolute atomic E-state index is 13.3. The van der Waals surface area contributed by atoms with Crippen LogP contribution in [0.5, 0.6) is 0 Å². The van der Waals surface area contributed by atoms with Gasteiger partial charge < -0.3 is 16.0 Å². The van der Waals surface area contributed by atoms with Crippen molar-refractivity contribution in [3.8, 4) is 6.07 Å². The van der Waals surface area contributed by atoms with E-state index in [0.29, 0.717) is 32.4 Å². The van der Waals surface area contributed by atoms with Crippen LogP contribution in [0.3, 0.4) is 0 Å². The maximum Gasteiger partial charge on any atom is 0.223 e. The zero-order valence-electron chi connectivity index (χ0n) is 17.2. The molecule has 6 heteroatoms. The molecule has 0 spiro atoms. The van der Waals surface area contributed by atoms with Crippen molar-refractivity contribution >= 4 is 11.8 Å². The highest BCUT2D eigenvalue weighted by atomic mass is 16.2. The first kappa shape index (κ1) is 21.3. The minimum atomic E-state index is -0.807. The van der Waals surface area contributed by atoms with Crippen LogP contribution in [0.25, 0.3) is 0 Å². The van der Waals surface area contributed by atoms with Gasteiger partial charge in [0, 0.05) is 24.9 Å². The van der Waals surface area contributed by atoms with Crippen LogP contribution >= 0.6 is 0 Å². The third kappa shape index (κ3) is 4.79. The molecule has 6 nitrogen and oxygen atoms in total. The van der Waals surface area contributed by atoms with E-state index >= 15 is 0 Å². The number of carbonyl (C=O) groups is 2. The van der Waals surface area contributed by atoms with Crippen LogP contribution in [0.15, 0.2) is 30.3 Å². The molecule has 1 saturated carbocycles. The Balaban J connectivity index is 1.73. The maximum atomic E-state index is 13.3. The van der Waals surface area contributed by atoms with Crippen molar-refractivity contribution in [2.45, 2.75) is 63.3 Å². The number of nitriles is 1. The lowest BCUT2D eigenvalue weighted by Crippen LogP contribution is -2.53. The van der Waals surface area contributed by atoms with Crippen molar-refractivity contribution in [2.75, 3.05) is 19.6 Å². The molecule has 1 atom stereocenters. The first-order valence-electron chi connectivity index (χ1n) is 10.8. The highest BCUT2D eigenvalue weighted by Gasteiger charge is 2.44. The van der Waals surface area contributed by atoms with Gasteiger partial charge in [0.25, 0.3) is 0 Å². The van der Waals surface area contributed by atoms with Crippen molar-refractivity contribution in [1.82, 2.24) is 10.2 Å². The predicted molar refractivity (Wildman–Crippen MR) is 112 cm³/mol. The standard InChI is InChI=1S/C23H32N4O2/c24-17-23(14-15-26-18-23)27(16-10-19-7-3-1-4-8-19)20(28)9-13-22(21(25)29)11-5-2-6-12-22/h1,3-4,7-8,26H,2,5-6,9-16,18H2,(H2,25,29). The highest BCUT2D eigenvalue weighted by Crippen LogP contribution is 2.40. The number of nitrogens with one attached hydrogen (secondary N) is 1. The molecule has 0 radical (unpaired) electrons. The molecule has 1 saturated heterocycles. The zero-order valence-corrected chi connectivity index (χ0v) is 17.2. The molecule has 2 fully saturated rings. The molecule has 1 aliphatic carbocycles. The molecule has 156 valence electrons. The Labute approximate surface area is 173 Å². The Morgan fingerprint density at radius 1 is 1.14 bits per heavy atom. The third-order valence-electron chi connectivity index (χ3n) is 6.78. The second kappa shape index (κ2) is 9.41. The number of nitrogens with two attached hydrogens (primary N) is 1. The molecule has 1 aromatic rings. The van der Waals surface area contributed by atoms with E-state index in [0.717, 1.165) is 44.2 Å². The molecule has 1 unspecified atom stereocenters. The van der Waals surface area contributed by atoms with E-state index in [4.69, 9.17) is 5.73 Å². The van der Waals surface area contributed by atoms with Crippen LogP contribution in [0.2, 0.25) is 0 Å². The van der Waals surface area contributed by atoms with E-state index in [2.05, 4.69) is 11.4 Å². The number of nitrogens with zero attached hydrogens (tertiary/aromatic N) is 2. The van der Waals surface area contributed by atoms with Crippen molar-refractivity contribution in [3.63, 3.8) is 0 Å². The number of amides is 2. The smallest absolute Gasteiger partial charge is 0.223 e. The Hall–Kier alpha value is -2.39. The first-order chi connectivity index (χ1) is 14.0. The second-order valence-electron chi connectivity index (χ2n) is 8.56. The SMILES string of the molecule is N#CC1(N(CCc2ccccc2)C(=O)CCC2(C(N)=O)CCCCC2)CCNC1. The summed E-state index contributed by atoms with van der Waals surface area (Å²) in [5.74, 6) is -0.323. The summed E-state index contributed by atoms with van der Waals surface area (Å²) in [6.45, 7) is 1.72. The minimum absolute atomic E-state index is 0.0441. The molecule has 29 heavy (non-hydrogen) atoms. The van der Waals surface area contributed by atoms with E-state index in [1.807, 2.05) is 30.3 Å². The number of benzene rings is 1. The van der Waals surface area contributed by atoms with Crippen LogP contribution in [-0.4, -0.2) is 41.9 Å². The Morgan fingerprint density at radius 2 is 1.86 bits per heavy atom. The van der Waals surface area contributed by atoms with Crippen LogP contribution in [-0.2, 0) is 16.0 Å². The van der Waals surface area contributed by atoms with Crippen molar-refractivity contribution < 1.29 is 9.59 Å². The lowest BCUT2D eigenvalue weighted by molar-refractivity contribution is -0.137. The molecule has 2 aliphatic rings. The van der Waals surface area contributed by atoms with Crippen molar-refractivity contribution in [1.29, 1.82) is 5.26 Å². The third-order valence-corrected chi connectivity index (χ3v) is 6.78. The fourth-order valence-electron chi connectivity index (χ4n) is 4.86. The molecule has 3 N–H and O–H groups in total. The number of hydrogen-bond acceptors (Lipinski definition) is 4. The summed E-state index contributed by atoms with van der Waals surface area (Å²) < 4.78 is 0. The summed E-state index contributed by atoms with van der Waals surface area (Å²) in [5, 5.41) is 13.2. The summed E-state index contributed by atoms with van der Waals surface area (Å²) in [6.07, 6.45) is 6.72.